The second kappa shape index (κ2) is 6.91. The summed E-state index contributed by atoms with van der Waals surface area (Å²) in [5.74, 6) is -0.516. The number of benzene rings is 2. The van der Waals surface area contributed by atoms with Gasteiger partial charge in [-0.2, -0.15) is 0 Å². The van der Waals surface area contributed by atoms with Gasteiger partial charge in [0.1, 0.15) is 5.82 Å². The van der Waals surface area contributed by atoms with E-state index in [-0.39, 0.29) is 11.7 Å². The molecule has 0 atom stereocenters. The Bertz CT molecular complexity index is 626. The van der Waals surface area contributed by atoms with Gasteiger partial charge in [-0.3, -0.25) is 4.79 Å². The van der Waals surface area contributed by atoms with Crippen molar-refractivity contribution in [1.82, 2.24) is 0 Å². The first-order valence-corrected chi connectivity index (χ1v) is 6.98. The number of amides is 1. The highest BCUT2D eigenvalue weighted by Crippen LogP contribution is 2.18. The van der Waals surface area contributed by atoms with Crippen LogP contribution in [0.3, 0.4) is 0 Å². The van der Waals surface area contributed by atoms with Crippen LogP contribution in [0.1, 0.15) is 5.56 Å². The average molecular weight is 287 g/mol. The number of hydrogen-bond acceptors (Lipinski definition) is 2. The molecular weight excluding hydrogens is 273 g/mol. The first kappa shape index (κ1) is 14.3. The van der Waals surface area contributed by atoms with Gasteiger partial charge in [-0.15, -0.1) is 0 Å². The Kier molecular flexibility index (Phi) is 4.96. The van der Waals surface area contributed by atoms with Crippen molar-refractivity contribution in [3.8, 4) is 0 Å². The molecule has 20 heavy (non-hydrogen) atoms. The fraction of sp³-hybridized carbons (Fsp3) is 0.0625. The zero-order chi connectivity index (χ0) is 14.4. The average Bonchev–Trinajstić information content (AvgIpc) is 2.44. The lowest BCUT2D eigenvalue weighted by Gasteiger charge is -2.03. The normalized spacial score (nSPS) is 10.7. The number of carbonyl (C=O) groups excluding carboxylic acids is 1. The van der Waals surface area contributed by atoms with Crippen molar-refractivity contribution in [2.45, 2.75) is 11.8 Å². The van der Waals surface area contributed by atoms with Crippen molar-refractivity contribution in [2.24, 2.45) is 0 Å². The third-order valence-corrected chi connectivity index (χ3v) is 3.41. The third-order valence-electron chi connectivity index (χ3n) is 2.59. The van der Waals surface area contributed by atoms with E-state index in [2.05, 4.69) is 5.32 Å². The molecule has 0 aliphatic rings. The Morgan fingerprint density at radius 3 is 2.65 bits per heavy atom. The Morgan fingerprint density at radius 2 is 1.95 bits per heavy atom. The predicted molar refractivity (Wildman–Crippen MR) is 81.2 cm³/mol. The minimum Gasteiger partial charge on any atom is -0.322 e. The fourth-order valence-electron chi connectivity index (χ4n) is 1.58. The zero-order valence-electron chi connectivity index (χ0n) is 11.0. The first-order chi connectivity index (χ1) is 9.65. The molecule has 0 radical (unpaired) electrons. The third kappa shape index (κ3) is 4.24. The molecule has 0 unspecified atom stereocenters. The van der Waals surface area contributed by atoms with Crippen LogP contribution < -0.4 is 5.32 Å². The summed E-state index contributed by atoms with van der Waals surface area (Å²) in [6.07, 6.45) is 1.45. The van der Waals surface area contributed by atoms with Crippen molar-refractivity contribution >= 4 is 23.4 Å². The number of carbonyl (C=O) groups is 1. The lowest BCUT2D eigenvalue weighted by atomic mass is 10.2. The van der Waals surface area contributed by atoms with Crippen LogP contribution in [-0.4, -0.2) is 5.91 Å². The summed E-state index contributed by atoms with van der Waals surface area (Å²) in [4.78, 5) is 12.8. The van der Waals surface area contributed by atoms with E-state index in [1.165, 1.54) is 23.9 Å². The van der Waals surface area contributed by atoms with Gasteiger partial charge >= 0.3 is 0 Å². The molecule has 1 N–H and O–H groups in total. The van der Waals surface area contributed by atoms with Crippen molar-refractivity contribution in [2.75, 3.05) is 5.32 Å². The molecule has 102 valence electrons. The maximum atomic E-state index is 13.1. The van der Waals surface area contributed by atoms with Gasteiger partial charge in [0.25, 0.3) is 0 Å². The summed E-state index contributed by atoms with van der Waals surface area (Å²) in [6, 6.07) is 14.2. The van der Waals surface area contributed by atoms with Crippen LogP contribution in [0.25, 0.3) is 0 Å². The lowest BCUT2D eigenvalue weighted by molar-refractivity contribution is -0.111. The molecule has 0 aliphatic heterocycles. The maximum absolute atomic E-state index is 13.1. The summed E-state index contributed by atoms with van der Waals surface area (Å²) in [6.45, 7) is 1.66. The SMILES string of the molecule is Cc1cc(NC(=O)C=CSc2ccccc2)ccc1F. The number of aryl methyl sites for hydroxylation is 1. The number of hydrogen-bond donors (Lipinski definition) is 1. The van der Waals surface area contributed by atoms with Crippen molar-refractivity contribution in [1.29, 1.82) is 0 Å². The largest absolute Gasteiger partial charge is 0.322 e. The second-order valence-electron chi connectivity index (χ2n) is 4.19. The second-order valence-corrected chi connectivity index (χ2v) is 5.17. The number of rotatable bonds is 4. The van der Waals surface area contributed by atoms with Crippen molar-refractivity contribution in [3.63, 3.8) is 0 Å². The molecule has 0 spiro atoms. The fourth-order valence-corrected chi connectivity index (χ4v) is 2.24. The van der Waals surface area contributed by atoms with E-state index < -0.39 is 0 Å². The molecule has 4 heteroatoms. The number of anilines is 1. The highest BCUT2D eigenvalue weighted by atomic mass is 32.2. The molecular formula is C16H14FNOS. The molecule has 0 fully saturated rings. The summed E-state index contributed by atoms with van der Waals surface area (Å²) < 4.78 is 13.1. The van der Waals surface area contributed by atoms with Crippen LogP contribution in [0.2, 0.25) is 0 Å². The van der Waals surface area contributed by atoms with Gasteiger partial charge in [0.15, 0.2) is 0 Å². The molecule has 0 saturated carbocycles. The maximum Gasteiger partial charge on any atom is 0.248 e. The summed E-state index contributed by atoms with van der Waals surface area (Å²) in [5.41, 5.74) is 1.09. The molecule has 0 aliphatic carbocycles. The quantitative estimate of drug-likeness (QED) is 0.668. The minimum absolute atomic E-state index is 0.237. The summed E-state index contributed by atoms with van der Waals surface area (Å²) >= 11 is 1.46. The Labute approximate surface area is 121 Å². The van der Waals surface area contributed by atoms with E-state index in [4.69, 9.17) is 0 Å². The van der Waals surface area contributed by atoms with Crippen LogP contribution in [0.4, 0.5) is 10.1 Å². The number of thioether (sulfide) groups is 1. The Hall–Kier alpha value is -2.07. The van der Waals surface area contributed by atoms with Crippen LogP contribution in [0.5, 0.6) is 0 Å². The van der Waals surface area contributed by atoms with E-state index in [9.17, 15) is 9.18 Å². The topological polar surface area (TPSA) is 29.1 Å². The smallest absolute Gasteiger partial charge is 0.248 e. The standard InChI is InChI=1S/C16H14FNOS/c1-12-11-13(7-8-15(12)17)18-16(19)9-10-20-14-5-3-2-4-6-14/h2-11H,1H3,(H,18,19). The molecule has 2 rings (SSSR count). The van der Waals surface area contributed by atoms with E-state index in [0.717, 1.165) is 4.90 Å². The van der Waals surface area contributed by atoms with Gasteiger partial charge < -0.3 is 5.32 Å². The van der Waals surface area contributed by atoms with Crippen molar-refractivity contribution in [3.05, 3.63) is 71.4 Å². The van der Waals surface area contributed by atoms with Crippen molar-refractivity contribution < 1.29 is 9.18 Å². The zero-order valence-corrected chi connectivity index (χ0v) is 11.8. The van der Waals surface area contributed by atoms with Gasteiger partial charge in [0, 0.05) is 16.7 Å². The van der Waals surface area contributed by atoms with Gasteiger partial charge in [0.2, 0.25) is 5.91 Å². The first-order valence-electron chi connectivity index (χ1n) is 6.10. The van der Waals surface area contributed by atoms with E-state index in [0.29, 0.717) is 11.3 Å². The van der Waals surface area contributed by atoms with E-state index >= 15 is 0 Å². The molecule has 1 amide bonds. The van der Waals surface area contributed by atoms with Gasteiger partial charge in [0.05, 0.1) is 0 Å². The highest BCUT2D eigenvalue weighted by molar-refractivity contribution is 8.02. The molecule has 0 saturated heterocycles. The van der Waals surface area contributed by atoms with Crippen LogP contribution in [0.15, 0.2) is 64.9 Å². The highest BCUT2D eigenvalue weighted by Gasteiger charge is 2.01. The van der Waals surface area contributed by atoms with E-state index in [1.54, 1.807) is 24.5 Å². The van der Waals surface area contributed by atoms with Gasteiger partial charge in [-0.1, -0.05) is 30.0 Å². The van der Waals surface area contributed by atoms with Gasteiger partial charge in [-0.05, 0) is 48.2 Å². The molecule has 0 bridgehead atoms. The minimum atomic E-state index is -0.279. The summed E-state index contributed by atoms with van der Waals surface area (Å²) in [5, 5.41) is 4.41. The molecule has 2 aromatic rings. The molecule has 0 aromatic heterocycles. The summed E-state index contributed by atoms with van der Waals surface area (Å²) in [7, 11) is 0. The molecule has 0 heterocycles. The van der Waals surface area contributed by atoms with Crippen LogP contribution in [0, 0.1) is 12.7 Å². The Morgan fingerprint density at radius 1 is 1.20 bits per heavy atom. The van der Waals surface area contributed by atoms with Crippen LogP contribution in [-0.2, 0) is 4.79 Å². The van der Waals surface area contributed by atoms with Crippen LogP contribution >= 0.6 is 11.8 Å². The Balaban J connectivity index is 1.90. The number of halogens is 1. The van der Waals surface area contributed by atoms with Gasteiger partial charge in [-0.25, -0.2) is 4.39 Å². The molecule has 2 aromatic carbocycles. The monoisotopic (exact) mass is 287 g/mol. The number of nitrogens with one attached hydrogen (secondary N) is 1. The lowest BCUT2D eigenvalue weighted by Crippen LogP contribution is -2.07. The molecule has 2 nitrogen and oxygen atoms in total. The predicted octanol–water partition coefficient (Wildman–Crippen LogP) is 4.38. The van der Waals surface area contributed by atoms with E-state index in [1.807, 2.05) is 30.3 Å².